The van der Waals surface area contributed by atoms with E-state index in [1.54, 1.807) is 18.2 Å². The molecule has 0 saturated heterocycles. The maximum Gasteiger partial charge on any atom is 0.251 e. The van der Waals surface area contributed by atoms with Gasteiger partial charge in [-0.15, -0.1) is 0 Å². The van der Waals surface area contributed by atoms with E-state index in [4.69, 9.17) is 16.2 Å². The molecule has 5 N–H and O–H groups in total. The Morgan fingerprint density at radius 2 is 2.11 bits per heavy atom. The molecule has 0 fully saturated rings. The number of hydrogen-bond acceptors (Lipinski definition) is 4. The number of nitrogen functional groups attached to an aromatic ring is 1. The minimum atomic E-state index is -0.455. The Labute approximate surface area is 112 Å². The lowest BCUT2D eigenvalue weighted by Crippen LogP contribution is -2.27. The zero-order valence-electron chi connectivity index (χ0n) is 10.9. The van der Waals surface area contributed by atoms with Gasteiger partial charge in [0.15, 0.2) is 0 Å². The fraction of sp³-hybridized carbons (Fsp3) is 0.385. The molecule has 1 aromatic rings. The lowest BCUT2D eigenvalue weighted by Gasteiger charge is -2.09. The highest BCUT2D eigenvalue weighted by molar-refractivity contribution is 5.95. The standard InChI is InChI=1S/C13H19N3O3/c1-2-7-19-11-4-3-9(8-10(11)14)13(18)16-6-5-12(15)17/h3-4,8H,2,5-7,14H2,1H3,(H2,15,17)(H,16,18). The van der Waals surface area contributed by atoms with Crippen LogP contribution in [0.5, 0.6) is 5.75 Å². The number of anilines is 1. The summed E-state index contributed by atoms with van der Waals surface area (Å²) < 4.78 is 5.42. The van der Waals surface area contributed by atoms with Crippen molar-refractivity contribution in [3.8, 4) is 5.75 Å². The molecule has 0 bridgehead atoms. The predicted octanol–water partition coefficient (Wildman–Crippen LogP) is 0.663. The van der Waals surface area contributed by atoms with Gasteiger partial charge >= 0.3 is 0 Å². The van der Waals surface area contributed by atoms with E-state index in [0.29, 0.717) is 23.6 Å². The Hall–Kier alpha value is -2.24. The fourth-order valence-electron chi connectivity index (χ4n) is 1.43. The Morgan fingerprint density at radius 3 is 2.68 bits per heavy atom. The second kappa shape index (κ2) is 7.25. The van der Waals surface area contributed by atoms with Crippen molar-refractivity contribution in [3.05, 3.63) is 23.8 Å². The Bertz CT molecular complexity index is 460. The highest BCUT2D eigenvalue weighted by Gasteiger charge is 2.08. The molecule has 0 radical (unpaired) electrons. The average molecular weight is 265 g/mol. The van der Waals surface area contributed by atoms with Crippen molar-refractivity contribution in [3.63, 3.8) is 0 Å². The third kappa shape index (κ3) is 4.87. The molecule has 0 aliphatic rings. The average Bonchev–Trinajstić information content (AvgIpc) is 2.36. The van der Waals surface area contributed by atoms with Crippen LogP contribution >= 0.6 is 0 Å². The van der Waals surface area contributed by atoms with E-state index in [9.17, 15) is 9.59 Å². The molecule has 2 amide bonds. The molecule has 6 nitrogen and oxygen atoms in total. The van der Waals surface area contributed by atoms with E-state index in [1.807, 2.05) is 6.92 Å². The van der Waals surface area contributed by atoms with Crippen molar-refractivity contribution in [2.45, 2.75) is 19.8 Å². The molecular formula is C13H19N3O3. The number of primary amides is 1. The minimum absolute atomic E-state index is 0.110. The summed E-state index contributed by atoms with van der Waals surface area (Å²) in [5.74, 6) is -0.186. The van der Waals surface area contributed by atoms with Crippen LogP contribution in [0.1, 0.15) is 30.1 Å². The van der Waals surface area contributed by atoms with E-state index in [-0.39, 0.29) is 18.9 Å². The first kappa shape index (κ1) is 14.8. The van der Waals surface area contributed by atoms with Gasteiger partial charge in [0.1, 0.15) is 5.75 Å². The van der Waals surface area contributed by atoms with E-state index in [2.05, 4.69) is 5.32 Å². The highest BCUT2D eigenvalue weighted by Crippen LogP contribution is 2.22. The SMILES string of the molecule is CCCOc1ccc(C(=O)NCCC(N)=O)cc1N. The van der Waals surface area contributed by atoms with Gasteiger partial charge in [-0.1, -0.05) is 6.92 Å². The molecule has 1 aromatic carbocycles. The number of hydrogen-bond donors (Lipinski definition) is 3. The quantitative estimate of drug-likeness (QED) is 0.629. The number of rotatable bonds is 7. The lowest BCUT2D eigenvalue weighted by atomic mass is 10.1. The first-order valence-corrected chi connectivity index (χ1v) is 6.13. The van der Waals surface area contributed by atoms with Crippen LogP contribution in [-0.4, -0.2) is 25.0 Å². The number of nitrogens with one attached hydrogen (secondary N) is 1. The summed E-state index contributed by atoms with van der Waals surface area (Å²) in [5, 5.41) is 2.58. The first-order valence-electron chi connectivity index (χ1n) is 6.13. The van der Waals surface area contributed by atoms with Gasteiger partial charge in [-0.3, -0.25) is 9.59 Å². The van der Waals surface area contributed by atoms with Crippen LogP contribution in [0.4, 0.5) is 5.69 Å². The van der Waals surface area contributed by atoms with Gasteiger partial charge in [0, 0.05) is 18.5 Å². The summed E-state index contributed by atoms with van der Waals surface area (Å²) in [6.07, 6.45) is 0.994. The smallest absolute Gasteiger partial charge is 0.251 e. The molecule has 0 aliphatic carbocycles. The molecule has 6 heteroatoms. The van der Waals surface area contributed by atoms with Crippen molar-refractivity contribution in [2.24, 2.45) is 5.73 Å². The number of carbonyl (C=O) groups excluding carboxylic acids is 2. The van der Waals surface area contributed by atoms with Gasteiger partial charge in [-0.25, -0.2) is 0 Å². The Balaban J connectivity index is 2.61. The second-order valence-electron chi connectivity index (χ2n) is 4.07. The van der Waals surface area contributed by atoms with Crippen molar-refractivity contribution in [1.82, 2.24) is 5.32 Å². The van der Waals surface area contributed by atoms with E-state index < -0.39 is 5.91 Å². The molecule has 0 aromatic heterocycles. The molecule has 0 spiro atoms. The molecule has 0 aliphatic heterocycles. The third-order valence-electron chi connectivity index (χ3n) is 2.39. The summed E-state index contributed by atoms with van der Waals surface area (Å²) >= 11 is 0. The monoisotopic (exact) mass is 265 g/mol. The second-order valence-corrected chi connectivity index (χ2v) is 4.07. The van der Waals surface area contributed by atoms with Crippen LogP contribution in [0.3, 0.4) is 0 Å². The normalized spacial score (nSPS) is 9.95. The molecule has 0 heterocycles. The van der Waals surface area contributed by atoms with Crippen LogP contribution in [0.15, 0.2) is 18.2 Å². The topological polar surface area (TPSA) is 107 Å². The molecule has 19 heavy (non-hydrogen) atoms. The number of ether oxygens (including phenoxy) is 1. The zero-order valence-corrected chi connectivity index (χ0v) is 10.9. The number of amides is 2. The molecular weight excluding hydrogens is 246 g/mol. The Kier molecular flexibility index (Phi) is 5.66. The van der Waals surface area contributed by atoms with Crippen LogP contribution < -0.4 is 21.5 Å². The van der Waals surface area contributed by atoms with Crippen molar-refractivity contribution < 1.29 is 14.3 Å². The van der Waals surface area contributed by atoms with Gasteiger partial charge in [0.2, 0.25) is 5.91 Å². The maximum absolute atomic E-state index is 11.7. The van der Waals surface area contributed by atoms with Gasteiger partial charge in [-0.2, -0.15) is 0 Å². The van der Waals surface area contributed by atoms with Gasteiger partial charge in [-0.05, 0) is 24.6 Å². The third-order valence-corrected chi connectivity index (χ3v) is 2.39. The molecule has 0 unspecified atom stereocenters. The van der Waals surface area contributed by atoms with E-state index in [1.165, 1.54) is 0 Å². The summed E-state index contributed by atoms with van der Waals surface area (Å²) in [6, 6.07) is 4.83. The molecule has 0 saturated carbocycles. The van der Waals surface area contributed by atoms with Crippen molar-refractivity contribution >= 4 is 17.5 Å². The summed E-state index contributed by atoms with van der Waals surface area (Å²) in [5.41, 5.74) is 11.6. The largest absolute Gasteiger partial charge is 0.491 e. The van der Waals surface area contributed by atoms with Crippen LogP contribution in [-0.2, 0) is 4.79 Å². The first-order chi connectivity index (χ1) is 9.04. The maximum atomic E-state index is 11.7. The highest BCUT2D eigenvalue weighted by atomic mass is 16.5. The van der Waals surface area contributed by atoms with Crippen LogP contribution in [0.2, 0.25) is 0 Å². The van der Waals surface area contributed by atoms with E-state index in [0.717, 1.165) is 6.42 Å². The number of benzene rings is 1. The van der Waals surface area contributed by atoms with Crippen molar-refractivity contribution in [1.29, 1.82) is 0 Å². The van der Waals surface area contributed by atoms with Crippen molar-refractivity contribution in [2.75, 3.05) is 18.9 Å². The summed E-state index contributed by atoms with van der Waals surface area (Å²) in [6.45, 7) is 2.78. The number of nitrogens with two attached hydrogens (primary N) is 2. The lowest BCUT2D eigenvalue weighted by molar-refractivity contribution is -0.117. The molecule has 0 atom stereocenters. The predicted molar refractivity (Wildman–Crippen MR) is 72.8 cm³/mol. The van der Waals surface area contributed by atoms with Gasteiger partial charge in [0.05, 0.1) is 12.3 Å². The van der Waals surface area contributed by atoms with Gasteiger partial charge in [0.25, 0.3) is 5.91 Å². The fourth-order valence-corrected chi connectivity index (χ4v) is 1.43. The van der Waals surface area contributed by atoms with E-state index >= 15 is 0 Å². The van der Waals surface area contributed by atoms with Gasteiger partial charge < -0.3 is 21.5 Å². The molecule has 104 valence electrons. The minimum Gasteiger partial charge on any atom is -0.491 e. The van der Waals surface area contributed by atoms with Crippen LogP contribution in [0, 0.1) is 0 Å². The van der Waals surface area contributed by atoms with Crippen LogP contribution in [0.25, 0.3) is 0 Å². The number of carbonyl (C=O) groups is 2. The summed E-state index contributed by atoms with van der Waals surface area (Å²) in [7, 11) is 0. The zero-order chi connectivity index (χ0) is 14.3. The molecule has 1 rings (SSSR count). The summed E-state index contributed by atoms with van der Waals surface area (Å²) in [4.78, 5) is 22.3. The Morgan fingerprint density at radius 1 is 1.37 bits per heavy atom.